The predicted molar refractivity (Wildman–Crippen MR) is 83.5 cm³/mol. The Balaban J connectivity index is 0.000000562. The molecule has 0 N–H and O–H groups in total. The fourth-order valence-corrected chi connectivity index (χ4v) is 4.07. The SMILES string of the molecule is CC(CP(=O)([O-])CN(C)C)c1ccc[cH-]1.[Fe+2].c1cc[cH-]c1. The molecule has 0 spiro atoms. The van der Waals surface area contributed by atoms with Gasteiger partial charge in [-0.05, 0) is 26.2 Å². The molecule has 2 unspecified atom stereocenters. The summed E-state index contributed by atoms with van der Waals surface area (Å²) in [5.41, 5.74) is 1.10. The normalized spacial score (nSPS) is 14.5. The summed E-state index contributed by atoms with van der Waals surface area (Å²) in [6.07, 6.45) is 0.396. The van der Waals surface area contributed by atoms with Crippen molar-refractivity contribution in [3.8, 4) is 0 Å². The van der Waals surface area contributed by atoms with Crippen LogP contribution in [0.3, 0.4) is 0 Å². The summed E-state index contributed by atoms with van der Waals surface area (Å²) in [7, 11) is 0.281. The molecule has 0 aliphatic heterocycles. The van der Waals surface area contributed by atoms with Crippen LogP contribution in [-0.4, -0.2) is 31.4 Å². The van der Waals surface area contributed by atoms with Crippen molar-refractivity contribution in [1.29, 1.82) is 0 Å². The van der Waals surface area contributed by atoms with Crippen LogP contribution >= 0.6 is 7.37 Å². The first-order valence-electron chi connectivity index (χ1n) is 6.73. The molecule has 0 saturated carbocycles. The van der Waals surface area contributed by atoms with Crippen LogP contribution in [0.2, 0.25) is 0 Å². The van der Waals surface area contributed by atoms with Crippen molar-refractivity contribution < 1.29 is 26.5 Å². The largest absolute Gasteiger partial charge is 2.00 e. The van der Waals surface area contributed by atoms with E-state index in [0.29, 0.717) is 0 Å². The molecule has 0 aliphatic rings. The summed E-state index contributed by atoms with van der Waals surface area (Å²) in [6, 6.07) is 17.8. The number of nitrogens with zero attached hydrogens (tertiary/aromatic N) is 1. The maximum atomic E-state index is 11.7. The van der Waals surface area contributed by atoms with Crippen LogP contribution in [0.15, 0.2) is 54.6 Å². The zero-order valence-electron chi connectivity index (χ0n) is 12.8. The molecule has 2 atom stereocenters. The van der Waals surface area contributed by atoms with E-state index in [1.807, 2.05) is 61.5 Å². The van der Waals surface area contributed by atoms with Gasteiger partial charge in [0.15, 0.2) is 0 Å². The smallest absolute Gasteiger partial charge is 0.798 e. The van der Waals surface area contributed by atoms with Crippen LogP contribution in [-0.2, 0) is 21.6 Å². The molecule has 0 radical (unpaired) electrons. The van der Waals surface area contributed by atoms with Crippen molar-refractivity contribution in [2.24, 2.45) is 0 Å². The Morgan fingerprint density at radius 1 is 1.24 bits per heavy atom. The standard InChI is InChI=1S/C11H19NO2P.C5H5.Fe/c1-10(11-6-4-5-7-11)8-15(13,14)9-12(2)3;1-2-4-5-3-1;/h4-7,10H,8-9H2,1-3H3,(H,13,14);1-5H;/q2*-1;+2/p-1. The first-order valence-corrected chi connectivity index (χ1v) is 8.72. The van der Waals surface area contributed by atoms with Crippen LogP contribution < -0.4 is 4.89 Å². The summed E-state index contributed by atoms with van der Waals surface area (Å²) in [5.74, 6) is 0.0864. The Hall–Kier alpha value is -0.631. The van der Waals surface area contributed by atoms with Crippen LogP contribution in [0.4, 0.5) is 0 Å². The van der Waals surface area contributed by atoms with Gasteiger partial charge in [-0.25, -0.2) is 24.3 Å². The van der Waals surface area contributed by atoms with Gasteiger partial charge in [-0.1, -0.05) is 6.92 Å². The van der Waals surface area contributed by atoms with Crippen molar-refractivity contribution in [2.45, 2.75) is 12.8 Å². The minimum Gasteiger partial charge on any atom is -0.798 e. The maximum absolute atomic E-state index is 11.7. The summed E-state index contributed by atoms with van der Waals surface area (Å²) in [5, 5.41) is 0. The number of hydrogen-bond acceptors (Lipinski definition) is 3. The average molecular weight is 348 g/mol. The van der Waals surface area contributed by atoms with E-state index in [-0.39, 0.29) is 35.4 Å². The second-order valence-electron chi connectivity index (χ2n) is 5.30. The van der Waals surface area contributed by atoms with Crippen molar-refractivity contribution in [2.75, 3.05) is 26.5 Å². The molecule has 0 fully saturated rings. The predicted octanol–water partition coefficient (Wildman–Crippen LogP) is 3.07. The zero-order valence-corrected chi connectivity index (χ0v) is 14.8. The van der Waals surface area contributed by atoms with Gasteiger partial charge in [0, 0.05) is 13.7 Å². The molecule has 118 valence electrons. The molecule has 0 saturated heterocycles. The third-order valence-electron chi connectivity index (χ3n) is 2.86. The Bertz CT molecular complexity index is 477. The van der Waals surface area contributed by atoms with E-state index in [1.54, 1.807) is 19.0 Å². The van der Waals surface area contributed by atoms with E-state index in [4.69, 9.17) is 0 Å². The average Bonchev–Trinajstić information content (AvgIpc) is 3.04. The van der Waals surface area contributed by atoms with Gasteiger partial charge in [-0.3, -0.25) is 0 Å². The molecule has 5 heteroatoms. The van der Waals surface area contributed by atoms with Crippen molar-refractivity contribution >= 4 is 7.37 Å². The minimum atomic E-state index is -3.27. The van der Waals surface area contributed by atoms with Gasteiger partial charge in [0.1, 0.15) is 0 Å². The van der Waals surface area contributed by atoms with Gasteiger partial charge in [0.25, 0.3) is 0 Å². The second kappa shape index (κ2) is 10.2. The summed E-state index contributed by atoms with van der Waals surface area (Å²) in [6.45, 7) is 1.95. The Labute approximate surface area is 138 Å². The fourth-order valence-electron chi connectivity index (χ4n) is 2.05. The van der Waals surface area contributed by atoms with Crippen LogP contribution in [0.1, 0.15) is 18.4 Å². The molecule has 0 heterocycles. The van der Waals surface area contributed by atoms with E-state index in [1.165, 1.54) is 0 Å². The van der Waals surface area contributed by atoms with Gasteiger partial charge < -0.3 is 14.4 Å². The van der Waals surface area contributed by atoms with E-state index >= 15 is 0 Å². The fraction of sp³-hybridized carbons (Fsp3) is 0.375. The topological polar surface area (TPSA) is 43.4 Å². The van der Waals surface area contributed by atoms with Gasteiger partial charge in [-0.2, -0.15) is 35.9 Å². The van der Waals surface area contributed by atoms with E-state index < -0.39 is 7.37 Å². The molecule has 2 rings (SSSR count). The van der Waals surface area contributed by atoms with Gasteiger partial charge in [0.2, 0.25) is 0 Å². The summed E-state index contributed by atoms with van der Waals surface area (Å²) >= 11 is 0. The van der Waals surface area contributed by atoms with E-state index in [0.717, 1.165) is 5.56 Å². The quantitative estimate of drug-likeness (QED) is 0.474. The molecular weight excluding hydrogens is 325 g/mol. The van der Waals surface area contributed by atoms with Crippen LogP contribution in [0.25, 0.3) is 0 Å². The molecule has 0 bridgehead atoms. The van der Waals surface area contributed by atoms with E-state index in [9.17, 15) is 9.46 Å². The van der Waals surface area contributed by atoms with Gasteiger partial charge in [-0.15, -0.1) is 0 Å². The van der Waals surface area contributed by atoms with Crippen LogP contribution in [0.5, 0.6) is 0 Å². The molecule has 3 nitrogen and oxygen atoms in total. The summed E-state index contributed by atoms with van der Waals surface area (Å²) < 4.78 is 11.7. The Morgan fingerprint density at radius 3 is 2.24 bits per heavy atom. The van der Waals surface area contributed by atoms with Crippen LogP contribution in [0, 0.1) is 0 Å². The second-order valence-corrected chi connectivity index (χ2v) is 7.58. The maximum Gasteiger partial charge on any atom is 2.00 e. The number of rotatable bonds is 5. The molecule has 0 amide bonds. The zero-order chi connectivity index (χ0) is 15.0. The third-order valence-corrected chi connectivity index (χ3v) is 4.96. The van der Waals surface area contributed by atoms with Crippen molar-refractivity contribution in [3.63, 3.8) is 0 Å². The Kier molecular flexibility index (Phi) is 9.85. The summed E-state index contributed by atoms with van der Waals surface area (Å²) in [4.78, 5) is 13.4. The molecule has 2 aromatic carbocycles. The minimum absolute atomic E-state index is 0. The molecular formula is C16H23FeNO2P-. The molecule has 0 aromatic heterocycles. The van der Waals surface area contributed by atoms with Gasteiger partial charge >= 0.3 is 17.1 Å². The number of hydrogen-bond donors (Lipinski definition) is 0. The van der Waals surface area contributed by atoms with Crippen molar-refractivity contribution in [1.82, 2.24) is 4.90 Å². The van der Waals surface area contributed by atoms with Gasteiger partial charge in [0.05, 0.1) is 0 Å². The Morgan fingerprint density at radius 2 is 1.86 bits per heavy atom. The van der Waals surface area contributed by atoms with Crippen molar-refractivity contribution in [3.05, 3.63) is 60.2 Å². The molecule has 2 aromatic rings. The first-order chi connectivity index (χ1) is 9.41. The first kappa shape index (κ1) is 20.4. The monoisotopic (exact) mass is 348 g/mol. The molecule has 0 aliphatic carbocycles. The third kappa shape index (κ3) is 9.08. The van der Waals surface area contributed by atoms with E-state index in [2.05, 4.69) is 0 Å². The molecule has 21 heavy (non-hydrogen) atoms.